The summed E-state index contributed by atoms with van der Waals surface area (Å²) in [6.45, 7) is 3.15. The van der Waals surface area contributed by atoms with Crippen molar-refractivity contribution in [2.75, 3.05) is 13.1 Å². The third kappa shape index (κ3) is 2.24. The van der Waals surface area contributed by atoms with Crippen LogP contribution < -0.4 is 5.43 Å². The molecule has 3 rings (SSSR count). The van der Waals surface area contributed by atoms with Crippen molar-refractivity contribution in [3.05, 3.63) is 40.2 Å². The Morgan fingerprint density at radius 1 is 1.26 bits per heavy atom. The number of fused-ring (bicyclic) bond motifs is 1. The first-order valence-electron chi connectivity index (χ1n) is 6.69. The minimum atomic E-state index is -0.281. The van der Waals surface area contributed by atoms with Crippen molar-refractivity contribution < 1.29 is 5.11 Å². The van der Waals surface area contributed by atoms with Gasteiger partial charge in [-0.1, -0.05) is 6.07 Å². The van der Waals surface area contributed by atoms with Crippen LogP contribution in [0.3, 0.4) is 0 Å². The molecule has 1 aliphatic rings. The molecular weight excluding hydrogens is 240 g/mol. The van der Waals surface area contributed by atoms with E-state index in [2.05, 4.69) is 11.0 Å². The zero-order valence-corrected chi connectivity index (χ0v) is 11.1. The van der Waals surface area contributed by atoms with Gasteiger partial charge in [-0.25, -0.2) is 0 Å². The van der Waals surface area contributed by atoms with Gasteiger partial charge in [0, 0.05) is 19.0 Å². The summed E-state index contributed by atoms with van der Waals surface area (Å²) in [6, 6.07) is 5.94. The van der Waals surface area contributed by atoms with Gasteiger partial charge in [0.25, 0.3) is 0 Å². The molecule has 0 atom stereocenters. The lowest BCUT2D eigenvalue weighted by molar-refractivity contribution is 0.331. The molecule has 4 heteroatoms. The van der Waals surface area contributed by atoms with Gasteiger partial charge in [0.1, 0.15) is 0 Å². The fraction of sp³-hybridized carbons (Fsp3) is 0.400. The molecule has 0 amide bonds. The van der Waals surface area contributed by atoms with Gasteiger partial charge in [0.05, 0.1) is 11.7 Å². The Labute approximate surface area is 111 Å². The number of aromatic nitrogens is 1. The van der Waals surface area contributed by atoms with Gasteiger partial charge in [0.15, 0.2) is 5.75 Å². The quantitative estimate of drug-likeness (QED) is 0.894. The molecule has 0 bridgehead atoms. The van der Waals surface area contributed by atoms with Crippen LogP contribution in [0, 0.1) is 0 Å². The van der Waals surface area contributed by atoms with Crippen LogP contribution >= 0.6 is 0 Å². The van der Waals surface area contributed by atoms with E-state index in [9.17, 15) is 9.90 Å². The number of hydrogen-bond acceptors (Lipinski definition) is 3. The minimum absolute atomic E-state index is 0.187. The highest BCUT2D eigenvalue weighted by Gasteiger charge is 2.13. The minimum Gasteiger partial charge on any atom is -0.503 e. The summed E-state index contributed by atoms with van der Waals surface area (Å²) in [7, 11) is 1.83. The summed E-state index contributed by atoms with van der Waals surface area (Å²) in [6.07, 6.45) is 3.98. The van der Waals surface area contributed by atoms with E-state index in [1.807, 2.05) is 19.2 Å². The zero-order valence-electron chi connectivity index (χ0n) is 11.1. The number of benzene rings is 1. The van der Waals surface area contributed by atoms with E-state index >= 15 is 0 Å². The Hall–Kier alpha value is -1.81. The van der Waals surface area contributed by atoms with Gasteiger partial charge in [-0.2, -0.15) is 0 Å². The molecule has 100 valence electrons. The van der Waals surface area contributed by atoms with Crippen molar-refractivity contribution in [3.63, 3.8) is 0 Å². The molecule has 0 radical (unpaired) electrons. The van der Waals surface area contributed by atoms with E-state index in [4.69, 9.17) is 0 Å². The number of aromatic hydroxyl groups is 1. The lowest BCUT2D eigenvalue weighted by Gasteiger charge is -2.15. The van der Waals surface area contributed by atoms with E-state index in [1.165, 1.54) is 19.0 Å². The molecule has 0 unspecified atom stereocenters. The van der Waals surface area contributed by atoms with Gasteiger partial charge < -0.3 is 9.67 Å². The second kappa shape index (κ2) is 4.70. The van der Waals surface area contributed by atoms with E-state index < -0.39 is 0 Å². The molecule has 0 aliphatic carbocycles. The normalized spacial score (nSPS) is 16.3. The maximum Gasteiger partial charge on any atom is 0.230 e. The van der Waals surface area contributed by atoms with Crippen LogP contribution in [-0.4, -0.2) is 27.7 Å². The summed E-state index contributed by atoms with van der Waals surface area (Å²) in [5.74, 6) is -0.187. The lowest BCUT2D eigenvalue weighted by atomic mass is 10.1. The van der Waals surface area contributed by atoms with E-state index in [-0.39, 0.29) is 11.2 Å². The summed E-state index contributed by atoms with van der Waals surface area (Å²) in [4.78, 5) is 14.4. The Morgan fingerprint density at radius 2 is 2.00 bits per heavy atom. The zero-order chi connectivity index (χ0) is 13.4. The number of likely N-dealkylation sites (tertiary alicyclic amines) is 1. The molecule has 1 fully saturated rings. The van der Waals surface area contributed by atoms with Gasteiger partial charge in [-0.05, 0) is 43.6 Å². The molecular formula is C15H18N2O2. The fourth-order valence-electron chi connectivity index (χ4n) is 2.82. The van der Waals surface area contributed by atoms with Crippen LogP contribution in [0.4, 0.5) is 0 Å². The van der Waals surface area contributed by atoms with E-state index in [0.29, 0.717) is 5.39 Å². The third-order valence-electron chi connectivity index (χ3n) is 3.84. The van der Waals surface area contributed by atoms with Crippen molar-refractivity contribution in [1.29, 1.82) is 0 Å². The van der Waals surface area contributed by atoms with E-state index in [1.54, 1.807) is 4.57 Å². The van der Waals surface area contributed by atoms with Gasteiger partial charge in [-0.3, -0.25) is 9.69 Å². The monoisotopic (exact) mass is 258 g/mol. The molecule has 0 spiro atoms. The van der Waals surface area contributed by atoms with Crippen molar-refractivity contribution in [2.24, 2.45) is 7.05 Å². The Balaban J connectivity index is 2.04. The van der Waals surface area contributed by atoms with Crippen LogP contribution in [0.1, 0.15) is 18.4 Å². The summed E-state index contributed by atoms with van der Waals surface area (Å²) >= 11 is 0. The van der Waals surface area contributed by atoms with E-state index in [0.717, 1.165) is 30.7 Å². The number of nitrogens with zero attached hydrogens (tertiary/aromatic N) is 2. The van der Waals surface area contributed by atoms with Crippen molar-refractivity contribution >= 4 is 10.9 Å². The predicted octanol–water partition coefficient (Wildman–Crippen LogP) is 1.84. The first kappa shape index (κ1) is 12.2. The first-order valence-corrected chi connectivity index (χ1v) is 6.69. The lowest BCUT2D eigenvalue weighted by Crippen LogP contribution is -2.18. The van der Waals surface area contributed by atoms with Crippen LogP contribution in [0.25, 0.3) is 10.9 Å². The molecule has 0 saturated carbocycles. The summed E-state index contributed by atoms with van der Waals surface area (Å²) in [5, 5.41) is 10.2. The molecule has 2 aromatic rings. The highest BCUT2D eigenvalue weighted by atomic mass is 16.3. The van der Waals surface area contributed by atoms with Gasteiger partial charge in [0.2, 0.25) is 5.43 Å². The average molecular weight is 258 g/mol. The molecule has 1 aromatic carbocycles. The number of aryl methyl sites for hydroxylation is 1. The third-order valence-corrected chi connectivity index (χ3v) is 3.84. The smallest absolute Gasteiger partial charge is 0.230 e. The molecule has 1 aromatic heterocycles. The Morgan fingerprint density at radius 3 is 2.74 bits per heavy atom. The van der Waals surface area contributed by atoms with Crippen molar-refractivity contribution in [1.82, 2.24) is 9.47 Å². The van der Waals surface area contributed by atoms with Crippen LogP contribution in [0.15, 0.2) is 29.2 Å². The summed E-state index contributed by atoms with van der Waals surface area (Å²) < 4.78 is 1.78. The predicted molar refractivity (Wildman–Crippen MR) is 75.4 cm³/mol. The molecule has 4 nitrogen and oxygen atoms in total. The Kier molecular flexibility index (Phi) is 3.03. The average Bonchev–Trinajstić information content (AvgIpc) is 2.89. The van der Waals surface area contributed by atoms with Crippen molar-refractivity contribution in [2.45, 2.75) is 19.4 Å². The highest BCUT2D eigenvalue weighted by Crippen LogP contribution is 2.18. The highest BCUT2D eigenvalue weighted by molar-refractivity contribution is 5.80. The van der Waals surface area contributed by atoms with Crippen molar-refractivity contribution in [3.8, 4) is 5.75 Å². The van der Waals surface area contributed by atoms with Crippen LogP contribution in [-0.2, 0) is 13.6 Å². The Bertz CT molecular complexity index is 670. The maximum atomic E-state index is 12.0. The van der Waals surface area contributed by atoms with Gasteiger partial charge in [-0.15, -0.1) is 0 Å². The largest absolute Gasteiger partial charge is 0.503 e. The number of hydrogen-bond donors (Lipinski definition) is 1. The molecule has 19 heavy (non-hydrogen) atoms. The molecule has 1 aliphatic heterocycles. The van der Waals surface area contributed by atoms with Crippen LogP contribution in [0.5, 0.6) is 5.75 Å². The van der Waals surface area contributed by atoms with Crippen LogP contribution in [0.2, 0.25) is 0 Å². The number of rotatable bonds is 2. The SMILES string of the molecule is Cn1cc(O)c(=O)c2cc(CN3CCCC3)ccc21. The number of pyridine rings is 1. The standard InChI is InChI=1S/C15H18N2O2/c1-16-10-14(18)15(19)12-8-11(4-5-13(12)16)9-17-6-2-3-7-17/h4-5,8,10,18H,2-3,6-7,9H2,1H3. The second-order valence-electron chi connectivity index (χ2n) is 5.29. The molecule has 2 heterocycles. The maximum absolute atomic E-state index is 12.0. The summed E-state index contributed by atoms with van der Waals surface area (Å²) in [5.41, 5.74) is 1.71. The fourth-order valence-corrected chi connectivity index (χ4v) is 2.82. The molecule has 1 N–H and O–H groups in total. The first-order chi connectivity index (χ1) is 9.15. The molecule has 1 saturated heterocycles. The van der Waals surface area contributed by atoms with Gasteiger partial charge >= 0.3 is 0 Å². The second-order valence-corrected chi connectivity index (χ2v) is 5.29. The topological polar surface area (TPSA) is 45.5 Å².